The number of hydrazone groups is 1. The number of benzene rings is 2. The first-order valence-corrected chi connectivity index (χ1v) is 8.78. The SMILES string of the molecule is COc1cc(/C=N/NC(=O)Cc2ccc(C)cc2C)cc(Cl)c1OCC(=O)O. The van der Waals surface area contributed by atoms with E-state index >= 15 is 0 Å². The summed E-state index contributed by atoms with van der Waals surface area (Å²) in [6, 6.07) is 9.01. The molecule has 2 rings (SSSR count). The highest BCUT2D eigenvalue weighted by molar-refractivity contribution is 6.32. The number of carboxylic acid groups (broad SMARTS) is 1. The Hall–Kier alpha value is -3.06. The number of rotatable bonds is 8. The number of carboxylic acids is 1. The summed E-state index contributed by atoms with van der Waals surface area (Å²) in [5.41, 5.74) is 6.14. The molecule has 0 atom stereocenters. The summed E-state index contributed by atoms with van der Waals surface area (Å²) in [5.74, 6) is -0.989. The van der Waals surface area contributed by atoms with Gasteiger partial charge in [0.2, 0.25) is 5.91 Å². The number of aliphatic carboxylic acids is 1. The number of methoxy groups -OCH3 is 1. The third kappa shape index (κ3) is 5.99. The highest BCUT2D eigenvalue weighted by Crippen LogP contribution is 2.36. The van der Waals surface area contributed by atoms with Crippen molar-refractivity contribution in [2.75, 3.05) is 13.7 Å². The average molecular weight is 405 g/mol. The Morgan fingerprint density at radius 3 is 2.64 bits per heavy atom. The van der Waals surface area contributed by atoms with Crippen LogP contribution >= 0.6 is 11.6 Å². The minimum Gasteiger partial charge on any atom is -0.493 e. The Morgan fingerprint density at radius 1 is 1.25 bits per heavy atom. The summed E-state index contributed by atoms with van der Waals surface area (Å²) < 4.78 is 10.3. The lowest BCUT2D eigenvalue weighted by atomic mass is 10.0. The monoisotopic (exact) mass is 404 g/mol. The first kappa shape index (κ1) is 21.2. The number of halogens is 1. The van der Waals surface area contributed by atoms with Crippen molar-refractivity contribution in [2.45, 2.75) is 20.3 Å². The molecule has 28 heavy (non-hydrogen) atoms. The van der Waals surface area contributed by atoms with E-state index in [1.54, 1.807) is 6.07 Å². The third-order valence-electron chi connectivity index (χ3n) is 3.84. The normalized spacial score (nSPS) is 10.7. The van der Waals surface area contributed by atoms with Crippen molar-refractivity contribution in [3.05, 3.63) is 57.6 Å². The van der Waals surface area contributed by atoms with Crippen LogP contribution in [0.3, 0.4) is 0 Å². The van der Waals surface area contributed by atoms with Crippen LogP contribution in [-0.4, -0.2) is 36.9 Å². The van der Waals surface area contributed by atoms with Gasteiger partial charge in [-0.15, -0.1) is 0 Å². The van der Waals surface area contributed by atoms with Crippen LogP contribution in [0.1, 0.15) is 22.3 Å². The molecule has 0 saturated heterocycles. The van der Waals surface area contributed by atoms with Gasteiger partial charge in [-0.25, -0.2) is 10.2 Å². The quantitative estimate of drug-likeness (QED) is 0.520. The molecule has 1 amide bonds. The molecule has 0 heterocycles. The zero-order chi connectivity index (χ0) is 20.7. The van der Waals surface area contributed by atoms with Crippen LogP contribution in [0.25, 0.3) is 0 Å². The smallest absolute Gasteiger partial charge is 0.341 e. The lowest BCUT2D eigenvalue weighted by molar-refractivity contribution is -0.139. The van der Waals surface area contributed by atoms with E-state index < -0.39 is 12.6 Å². The summed E-state index contributed by atoms with van der Waals surface area (Å²) in [7, 11) is 1.41. The van der Waals surface area contributed by atoms with E-state index in [1.165, 1.54) is 19.4 Å². The van der Waals surface area contributed by atoms with Gasteiger partial charge in [-0.3, -0.25) is 4.79 Å². The lowest BCUT2D eigenvalue weighted by Gasteiger charge is -2.11. The van der Waals surface area contributed by atoms with E-state index in [0.717, 1.165) is 16.7 Å². The van der Waals surface area contributed by atoms with Gasteiger partial charge in [-0.1, -0.05) is 35.4 Å². The van der Waals surface area contributed by atoms with Gasteiger partial charge >= 0.3 is 5.97 Å². The molecule has 0 bridgehead atoms. The second kappa shape index (κ2) is 9.75. The summed E-state index contributed by atoms with van der Waals surface area (Å²) in [5, 5.41) is 12.8. The van der Waals surface area contributed by atoms with Crippen molar-refractivity contribution in [3.63, 3.8) is 0 Å². The zero-order valence-electron chi connectivity index (χ0n) is 15.8. The molecule has 0 aromatic heterocycles. The van der Waals surface area contributed by atoms with E-state index in [4.69, 9.17) is 26.2 Å². The Labute approximate surface area is 167 Å². The minimum atomic E-state index is -1.13. The van der Waals surface area contributed by atoms with Crippen LogP contribution in [0.2, 0.25) is 5.02 Å². The number of hydrogen-bond acceptors (Lipinski definition) is 5. The van der Waals surface area contributed by atoms with Crippen molar-refractivity contribution in [1.29, 1.82) is 0 Å². The number of amides is 1. The number of carbonyl (C=O) groups excluding carboxylic acids is 1. The highest BCUT2D eigenvalue weighted by Gasteiger charge is 2.13. The fourth-order valence-electron chi connectivity index (χ4n) is 2.52. The van der Waals surface area contributed by atoms with Gasteiger partial charge in [-0.2, -0.15) is 5.10 Å². The molecule has 148 valence electrons. The molecular weight excluding hydrogens is 384 g/mol. The van der Waals surface area contributed by atoms with E-state index in [9.17, 15) is 9.59 Å². The van der Waals surface area contributed by atoms with Crippen molar-refractivity contribution in [2.24, 2.45) is 5.10 Å². The lowest BCUT2D eigenvalue weighted by Crippen LogP contribution is -2.20. The van der Waals surface area contributed by atoms with Crippen LogP contribution in [0, 0.1) is 13.8 Å². The maximum atomic E-state index is 12.1. The van der Waals surface area contributed by atoms with Gasteiger partial charge in [0, 0.05) is 0 Å². The summed E-state index contributed by atoms with van der Waals surface area (Å²) in [4.78, 5) is 22.7. The molecule has 0 aliphatic rings. The van der Waals surface area contributed by atoms with Crippen LogP contribution in [0.4, 0.5) is 0 Å². The molecule has 2 aromatic carbocycles. The molecule has 0 aliphatic carbocycles. The number of nitrogens with one attached hydrogen (secondary N) is 1. The van der Waals surface area contributed by atoms with Gasteiger partial charge in [0.1, 0.15) is 0 Å². The first-order valence-electron chi connectivity index (χ1n) is 8.40. The highest BCUT2D eigenvalue weighted by atomic mass is 35.5. The molecule has 0 saturated carbocycles. The van der Waals surface area contributed by atoms with Crippen molar-refractivity contribution < 1.29 is 24.2 Å². The number of ether oxygens (including phenoxy) is 2. The van der Waals surface area contributed by atoms with Crippen molar-refractivity contribution >= 4 is 29.7 Å². The predicted octanol–water partition coefficient (Wildman–Crippen LogP) is 3.12. The molecule has 0 radical (unpaired) electrons. The minimum absolute atomic E-state index is 0.127. The first-order chi connectivity index (χ1) is 13.3. The van der Waals surface area contributed by atoms with Gasteiger partial charge in [0.15, 0.2) is 18.1 Å². The Morgan fingerprint density at radius 2 is 2.00 bits per heavy atom. The standard InChI is InChI=1S/C20H21ClN2O5/c1-12-4-5-15(13(2)6-12)9-18(24)23-22-10-14-7-16(21)20(17(8-14)27-3)28-11-19(25)26/h4-8,10H,9,11H2,1-3H3,(H,23,24)(H,25,26)/b22-10+. The average Bonchev–Trinajstić information content (AvgIpc) is 2.62. The van der Waals surface area contributed by atoms with Crippen LogP contribution in [0.5, 0.6) is 11.5 Å². The van der Waals surface area contributed by atoms with Gasteiger partial charge in [-0.05, 0) is 42.7 Å². The van der Waals surface area contributed by atoms with Crippen LogP contribution in [0.15, 0.2) is 35.4 Å². The third-order valence-corrected chi connectivity index (χ3v) is 4.12. The summed E-state index contributed by atoms with van der Waals surface area (Å²) >= 11 is 6.13. The molecule has 0 aliphatic heterocycles. The fraction of sp³-hybridized carbons (Fsp3) is 0.250. The van der Waals surface area contributed by atoms with E-state index in [2.05, 4.69) is 10.5 Å². The summed E-state index contributed by atoms with van der Waals surface area (Å²) in [6.45, 7) is 3.41. The molecule has 8 heteroatoms. The Kier molecular flexibility index (Phi) is 7.40. The van der Waals surface area contributed by atoms with Crippen molar-refractivity contribution in [3.8, 4) is 11.5 Å². The van der Waals surface area contributed by atoms with Gasteiger partial charge in [0.05, 0.1) is 24.8 Å². The molecule has 7 nitrogen and oxygen atoms in total. The molecule has 2 N–H and O–H groups in total. The molecule has 0 spiro atoms. The topological polar surface area (TPSA) is 97.2 Å². The number of hydrogen-bond donors (Lipinski definition) is 2. The Balaban J connectivity index is 2.04. The van der Waals surface area contributed by atoms with Crippen LogP contribution in [-0.2, 0) is 16.0 Å². The maximum Gasteiger partial charge on any atom is 0.341 e. The van der Waals surface area contributed by atoms with E-state index in [-0.39, 0.29) is 28.8 Å². The zero-order valence-corrected chi connectivity index (χ0v) is 16.5. The molecular formula is C20H21ClN2O5. The summed E-state index contributed by atoms with van der Waals surface area (Å²) in [6.07, 6.45) is 1.63. The van der Waals surface area contributed by atoms with Crippen LogP contribution < -0.4 is 14.9 Å². The second-order valence-electron chi connectivity index (χ2n) is 6.12. The van der Waals surface area contributed by atoms with E-state index in [1.807, 2.05) is 32.0 Å². The fourth-order valence-corrected chi connectivity index (χ4v) is 2.80. The molecule has 0 unspecified atom stereocenters. The maximum absolute atomic E-state index is 12.1. The number of aryl methyl sites for hydroxylation is 2. The Bertz CT molecular complexity index is 912. The largest absolute Gasteiger partial charge is 0.493 e. The van der Waals surface area contributed by atoms with Crippen molar-refractivity contribution in [1.82, 2.24) is 5.43 Å². The van der Waals surface area contributed by atoms with Gasteiger partial charge in [0.25, 0.3) is 0 Å². The molecule has 0 fully saturated rings. The van der Waals surface area contributed by atoms with E-state index in [0.29, 0.717) is 5.56 Å². The number of nitrogens with zero attached hydrogens (tertiary/aromatic N) is 1. The molecule has 2 aromatic rings. The predicted molar refractivity (Wildman–Crippen MR) is 106 cm³/mol. The number of carbonyl (C=O) groups is 2. The second-order valence-corrected chi connectivity index (χ2v) is 6.52. The van der Waals surface area contributed by atoms with Gasteiger partial charge < -0.3 is 14.6 Å².